The number of Topliss-reactive ketones (excluding diaryl/α,β-unsaturated/α-hetero) is 4. The van der Waals surface area contributed by atoms with Crippen molar-refractivity contribution < 1.29 is 95.4 Å². The zero-order valence-electron chi connectivity index (χ0n) is 58.9. The van der Waals surface area contributed by atoms with Crippen LogP contribution in [0.25, 0.3) is 41.8 Å². The highest BCUT2D eigenvalue weighted by Crippen LogP contribution is 2.22. The molecule has 0 atom stereocenters. The number of hydrogen-bond donors (Lipinski definition) is 4. The number of nitrogens with zero attached hydrogens (tertiary/aromatic N) is 16. The minimum atomic E-state index is -1.22. The van der Waals surface area contributed by atoms with Crippen LogP contribution in [0.1, 0.15) is 103 Å². The van der Waals surface area contributed by atoms with Gasteiger partial charge in [0.05, 0.1) is 111 Å². The molecule has 0 aromatic rings. The van der Waals surface area contributed by atoms with Crippen molar-refractivity contribution in [3.63, 3.8) is 0 Å². The fourth-order valence-corrected chi connectivity index (χ4v) is 8.47. The van der Waals surface area contributed by atoms with Crippen LogP contribution < -0.4 is 21.3 Å². The first-order valence-electron chi connectivity index (χ1n) is 33.4. The third kappa shape index (κ3) is 54.8. The third-order valence-electron chi connectivity index (χ3n) is 14.2. The highest BCUT2D eigenvalue weighted by Gasteiger charge is 2.33. The van der Waals surface area contributed by atoms with Crippen LogP contribution in [0.5, 0.6) is 0 Å². The number of carbonyl (C=O) groups is 12. The van der Waals surface area contributed by atoms with Gasteiger partial charge in [-0.15, -0.1) is 0 Å². The molecular formula is C61H104N20O20. The van der Waals surface area contributed by atoms with Crippen molar-refractivity contribution >= 4 is 70.4 Å². The molecule has 0 aliphatic heterocycles. The Bertz CT molecular complexity index is 2350. The largest absolute Gasteiger partial charge is 0.380 e. The van der Waals surface area contributed by atoms with Gasteiger partial charge >= 0.3 is 0 Å². The van der Waals surface area contributed by atoms with Crippen molar-refractivity contribution in [2.24, 2.45) is 25.9 Å². The first kappa shape index (κ1) is 92.4. The van der Waals surface area contributed by atoms with Crippen LogP contribution >= 0.6 is 0 Å². The number of ketones is 4. The smallest absolute Gasteiger partial charge is 0.248 e. The molecule has 0 aromatic carbocycles. The first-order chi connectivity index (χ1) is 48.6. The first-order valence-corrected chi connectivity index (χ1v) is 33.4. The molecule has 0 saturated heterocycles. The Labute approximate surface area is 587 Å². The maximum absolute atomic E-state index is 12.9. The van der Waals surface area contributed by atoms with E-state index in [0.29, 0.717) is 51.4 Å². The Morgan fingerprint density at radius 3 is 0.713 bits per heavy atom. The summed E-state index contributed by atoms with van der Waals surface area (Å²) in [6.45, 7) is -2.10. The van der Waals surface area contributed by atoms with Gasteiger partial charge in [0.25, 0.3) is 0 Å². The van der Waals surface area contributed by atoms with Crippen molar-refractivity contribution in [3.8, 4) is 0 Å². The molecule has 8 amide bonds. The van der Waals surface area contributed by atoms with Crippen LogP contribution in [0.3, 0.4) is 0 Å². The molecule has 0 heterocycles. The molecule has 0 aliphatic carbocycles. The minimum absolute atomic E-state index is 0.0301. The van der Waals surface area contributed by atoms with Crippen LogP contribution in [0, 0.1) is 5.41 Å². The van der Waals surface area contributed by atoms with Gasteiger partial charge in [-0.2, -0.15) is 0 Å². The van der Waals surface area contributed by atoms with Crippen LogP contribution in [0.4, 0.5) is 0 Å². The molecule has 0 rings (SSSR count). The van der Waals surface area contributed by atoms with Crippen LogP contribution in [-0.4, -0.2) is 302 Å². The number of carbonyl (C=O) groups excluding carboxylic acids is 12. The Morgan fingerprint density at radius 1 is 0.307 bits per heavy atom. The number of unbranched alkanes of at least 4 members (excludes halogenated alkanes) is 4. The average molecular weight is 1440 g/mol. The summed E-state index contributed by atoms with van der Waals surface area (Å²) in [7, 11) is 5.85. The molecule has 0 radical (unpaired) electrons. The molecular weight excluding hydrogens is 1330 g/mol. The van der Waals surface area contributed by atoms with Gasteiger partial charge in [-0.25, -0.2) is 0 Å². The zero-order chi connectivity index (χ0) is 75.0. The zero-order valence-corrected chi connectivity index (χ0v) is 58.9. The molecule has 0 bridgehead atoms. The van der Waals surface area contributed by atoms with Crippen LogP contribution in [0.15, 0.2) is 20.5 Å². The van der Waals surface area contributed by atoms with E-state index in [1.54, 1.807) is 0 Å². The van der Waals surface area contributed by atoms with E-state index < -0.39 is 52.7 Å². The summed E-state index contributed by atoms with van der Waals surface area (Å²) >= 11 is 0. The number of nitrogens with one attached hydrogen (secondary N) is 4. The summed E-state index contributed by atoms with van der Waals surface area (Å²) < 4.78 is 45.9. The number of ether oxygens (including phenoxy) is 8. The van der Waals surface area contributed by atoms with Gasteiger partial charge in [0.2, 0.25) is 47.3 Å². The van der Waals surface area contributed by atoms with E-state index in [1.807, 2.05) is 0 Å². The summed E-state index contributed by atoms with van der Waals surface area (Å²) in [4.78, 5) is 167. The number of likely N-dealkylation sites (N-methyl/N-ethyl adjacent to an activating group) is 4. The van der Waals surface area contributed by atoms with E-state index in [1.165, 1.54) is 47.8 Å². The second-order valence-electron chi connectivity index (χ2n) is 23.1. The summed E-state index contributed by atoms with van der Waals surface area (Å²) in [5.74, 6) is -4.20. The lowest BCUT2D eigenvalue weighted by Gasteiger charge is -2.33. The Hall–Kier alpha value is -8.64. The average Bonchev–Trinajstić information content (AvgIpc) is 1.19. The lowest BCUT2D eigenvalue weighted by molar-refractivity contribution is -0.138. The predicted octanol–water partition coefficient (Wildman–Crippen LogP) is 2.16. The molecule has 4 N–H and O–H groups in total. The standard InChI is InChI=1S/C61H104N20O20/c1-78(37-49(82)13-5-9-21-70-74-62)57(90)41-94-33-25-66-53(86)17-29-98-45-61(46-99-30-18-54(87)67-26-34-95-42-58(91)79(2)38-50(83)14-6-10-22-71-75-63,47-100-31-19-55(88)68-27-35-96-43-59(92)80(3)39-51(84)15-7-11-23-72-76-64)48-101-32-20-56(89)69-28-36-97-44-60(93)81(4)40-52(85)16-8-12-24-73-77-65/h5-48H2,1-4H3,(H,66,86)(H,67,87)(H,68,88)(H,69,89). The van der Waals surface area contributed by atoms with Crippen molar-refractivity contribution in [1.29, 1.82) is 0 Å². The molecule has 40 heteroatoms. The van der Waals surface area contributed by atoms with Gasteiger partial charge in [0, 0.05) is 152 Å². The number of rotatable bonds is 68. The normalized spacial score (nSPS) is 11.2. The number of amides is 8. The van der Waals surface area contributed by atoms with Gasteiger partial charge < -0.3 is 78.8 Å². The highest BCUT2D eigenvalue weighted by molar-refractivity contribution is 5.88. The van der Waals surface area contributed by atoms with E-state index in [4.69, 9.17) is 60.0 Å². The quantitative estimate of drug-likeness (QED) is 0.0293. The van der Waals surface area contributed by atoms with Crippen molar-refractivity contribution in [3.05, 3.63) is 41.8 Å². The molecule has 0 aromatic heterocycles. The number of hydrogen-bond acceptors (Lipinski definition) is 24. The monoisotopic (exact) mass is 1440 g/mol. The lowest BCUT2D eigenvalue weighted by Crippen LogP contribution is -2.43. The van der Waals surface area contributed by atoms with Crippen LogP contribution in [-0.2, 0) is 95.4 Å². The van der Waals surface area contributed by atoms with Gasteiger partial charge in [0.15, 0.2) is 23.1 Å². The van der Waals surface area contributed by atoms with Gasteiger partial charge in [-0.3, -0.25) is 57.5 Å². The van der Waals surface area contributed by atoms with Gasteiger partial charge in [0.1, 0.15) is 26.4 Å². The summed E-state index contributed by atoms with van der Waals surface area (Å²) in [6, 6.07) is 0. The predicted molar refractivity (Wildman–Crippen MR) is 362 cm³/mol. The second-order valence-corrected chi connectivity index (χ2v) is 23.1. The molecule has 0 spiro atoms. The second kappa shape index (κ2) is 62.4. The number of azide groups is 4. The van der Waals surface area contributed by atoms with E-state index in [-0.39, 0.29) is 259 Å². The highest BCUT2D eigenvalue weighted by atomic mass is 16.5. The van der Waals surface area contributed by atoms with Gasteiger partial charge in [-0.1, -0.05) is 20.5 Å². The summed E-state index contributed by atoms with van der Waals surface area (Å²) in [6.07, 6.45) is 4.46. The molecule has 101 heavy (non-hydrogen) atoms. The Balaban J connectivity index is 5.93. The molecule has 568 valence electrons. The third-order valence-corrected chi connectivity index (χ3v) is 14.2. The van der Waals surface area contributed by atoms with E-state index in [0.717, 1.165) is 0 Å². The fourth-order valence-electron chi connectivity index (χ4n) is 8.47. The van der Waals surface area contributed by atoms with Crippen LogP contribution in [0.2, 0.25) is 0 Å². The van der Waals surface area contributed by atoms with Crippen molar-refractivity contribution in [2.75, 3.05) is 212 Å². The topological polar surface area (TPSA) is 535 Å². The molecule has 0 fully saturated rings. The van der Waals surface area contributed by atoms with Gasteiger partial charge in [-0.05, 0) is 73.5 Å². The summed E-state index contributed by atoms with van der Waals surface area (Å²) in [5, 5.41) is 24.4. The van der Waals surface area contributed by atoms with E-state index >= 15 is 0 Å². The van der Waals surface area contributed by atoms with Crippen molar-refractivity contribution in [1.82, 2.24) is 40.9 Å². The molecule has 0 aliphatic rings. The Kier molecular flexibility index (Phi) is 57.0. The molecule has 40 nitrogen and oxygen atoms in total. The maximum atomic E-state index is 12.9. The SMILES string of the molecule is CN(CC(=O)CCCCN=[N+]=[N-])C(=O)COCCNC(=O)CCOCC(COCCC(=O)NCCOCC(=O)N(C)CC(=O)CCCCN=[N+]=[N-])(COCCC(=O)NCCOCC(=O)N(C)CC(=O)CCCCN=[N+]=[N-])COCCC(=O)NCCOCC(=O)N(C)CC(=O)CCCCN=[N+]=[N-]. The molecule has 0 unspecified atom stereocenters. The Morgan fingerprint density at radius 2 is 0.515 bits per heavy atom. The minimum Gasteiger partial charge on any atom is -0.380 e. The summed E-state index contributed by atoms with van der Waals surface area (Å²) in [5.41, 5.74) is 32.4. The lowest BCUT2D eigenvalue weighted by atomic mass is 9.92. The molecule has 0 saturated carbocycles. The maximum Gasteiger partial charge on any atom is 0.248 e. The van der Waals surface area contributed by atoms with Crippen molar-refractivity contribution in [2.45, 2.75) is 103 Å². The van der Waals surface area contributed by atoms with E-state index in [2.05, 4.69) is 61.4 Å². The van der Waals surface area contributed by atoms with E-state index in [9.17, 15) is 57.5 Å². The fraction of sp³-hybridized carbons (Fsp3) is 0.803.